The summed E-state index contributed by atoms with van der Waals surface area (Å²) in [6.45, 7) is 1.79. The molecule has 1 aromatic heterocycles. The van der Waals surface area contributed by atoms with E-state index in [4.69, 9.17) is 10.9 Å². The molecule has 0 atom stereocenters. The molecule has 0 bridgehead atoms. The van der Waals surface area contributed by atoms with Crippen molar-refractivity contribution in [2.45, 2.75) is 17.7 Å². The van der Waals surface area contributed by atoms with Gasteiger partial charge in [0.25, 0.3) is 0 Å². The number of H-pyrrole nitrogens is 1. The molecule has 10 heteroatoms. The van der Waals surface area contributed by atoms with Crippen molar-refractivity contribution in [2.24, 2.45) is 15.4 Å². The Morgan fingerprint density at radius 2 is 1.96 bits per heavy atom. The summed E-state index contributed by atoms with van der Waals surface area (Å²) >= 11 is 0. The molecule has 0 unspecified atom stereocenters. The first-order valence-corrected chi connectivity index (χ1v) is 8.63. The average Bonchev–Trinajstić information content (AvgIpc) is 3.14. The maximum Gasteiger partial charge on any atom is 0.238 e. The van der Waals surface area contributed by atoms with Crippen LogP contribution in [0.5, 0.6) is 0 Å². The first kappa shape index (κ1) is 15.4. The molecule has 2 heterocycles. The molecule has 23 heavy (non-hydrogen) atoms. The monoisotopic (exact) mass is 335 g/mol. The van der Waals surface area contributed by atoms with Crippen molar-refractivity contribution in [3.8, 4) is 0 Å². The predicted octanol–water partition coefficient (Wildman–Crippen LogP) is 1.65. The van der Waals surface area contributed by atoms with Crippen LogP contribution in [-0.4, -0.2) is 31.7 Å². The summed E-state index contributed by atoms with van der Waals surface area (Å²) in [4.78, 5) is 2.07. The summed E-state index contributed by atoms with van der Waals surface area (Å²) in [5.41, 5.74) is 6.67. The highest BCUT2D eigenvalue weighted by Crippen LogP contribution is 2.35. The Balaban J connectivity index is 1.90. The lowest BCUT2D eigenvalue weighted by Gasteiger charge is -2.13. The number of nitrogens with one attached hydrogen (secondary N) is 1. The fourth-order valence-electron chi connectivity index (χ4n) is 2.42. The number of rotatable bonds is 4. The van der Waals surface area contributed by atoms with Gasteiger partial charge in [-0.2, -0.15) is 10.2 Å². The molecule has 9 nitrogen and oxygen atoms in total. The van der Waals surface area contributed by atoms with Crippen LogP contribution in [-0.2, 0) is 10.0 Å². The van der Waals surface area contributed by atoms with Gasteiger partial charge in [-0.1, -0.05) is 6.07 Å². The Bertz CT molecular complexity index is 838. The van der Waals surface area contributed by atoms with Crippen LogP contribution in [0.2, 0.25) is 0 Å². The first-order chi connectivity index (χ1) is 10.9. The molecular formula is C13H17N7O2S. The van der Waals surface area contributed by atoms with Crippen LogP contribution in [0.3, 0.4) is 0 Å². The SMILES string of the molecule is Nc1[nH]nc(N2CCCC2)c1N=Nc1cccc(S(N)(=O)=O)c1. The number of primary sulfonamides is 1. The highest BCUT2D eigenvalue weighted by molar-refractivity contribution is 7.89. The molecule has 0 amide bonds. The molecule has 2 aromatic rings. The number of aromatic amines is 1. The molecule has 122 valence electrons. The standard InChI is InChI=1S/C13H17N7O2S/c14-12-11(13(19-18-12)20-6-1-2-7-20)17-16-9-4-3-5-10(8-9)23(15,21)22/h3-5,8H,1-2,6-7H2,(H3,14,18,19)(H2,15,21,22). The van der Waals surface area contributed by atoms with E-state index in [0.717, 1.165) is 25.9 Å². The molecule has 1 fully saturated rings. The minimum Gasteiger partial charge on any atom is -0.382 e. The van der Waals surface area contributed by atoms with Gasteiger partial charge in [-0.15, -0.1) is 5.11 Å². The Labute approximate surface area is 133 Å². The zero-order valence-electron chi connectivity index (χ0n) is 12.3. The number of nitrogen functional groups attached to an aromatic ring is 1. The van der Waals surface area contributed by atoms with Crippen molar-refractivity contribution in [3.63, 3.8) is 0 Å². The number of benzene rings is 1. The van der Waals surface area contributed by atoms with Crippen LogP contribution < -0.4 is 15.8 Å². The van der Waals surface area contributed by atoms with Gasteiger partial charge in [0.2, 0.25) is 10.0 Å². The molecular weight excluding hydrogens is 318 g/mol. The molecule has 1 aliphatic rings. The molecule has 0 radical (unpaired) electrons. The molecule has 3 rings (SSSR count). The molecule has 1 aromatic carbocycles. The lowest BCUT2D eigenvalue weighted by Crippen LogP contribution is -2.18. The lowest BCUT2D eigenvalue weighted by molar-refractivity contribution is 0.598. The van der Waals surface area contributed by atoms with E-state index in [9.17, 15) is 8.42 Å². The van der Waals surface area contributed by atoms with Crippen LogP contribution >= 0.6 is 0 Å². The van der Waals surface area contributed by atoms with Crippen LogP contribution in [0, 0.1) is 0 Å². The topological polar surface area (TPSA) is 143 Å². The van der Waals surface area contributed by atoms with E-state index < -0.39 is 10.0 Å². The number of hydrogen-bond acceptors (Lipinski definition) is 7. The average molecular weight is 335 g/mol. The van der Waals surface area contributed by atoms with Crippen molar-refractivity contribution in [2.75, 3.05) is 23.7 Å². The van der Waals surface area contributed by atoms with E-state index in [2.05, 4.69) is 25.3 Å². The van der Waals surface area contributed by atoms with Crippen molar-refractivity contribution < 1.29 is 8.42 Å². The first-order valence-electron chi connectivity index (χ1n) is 7.08. The third-order valence-electron chi connectivity index (χ3n) is 3.57. The summed E-state index contributed by atoms with van der Waals surface area (Å²) < 4.78 is 22.7. The second-order valence-corrected chi connectivity index (χ2v) is 6.81. The fourth-order valence-corrected chi connectivity index (χ4v) is 2.97. The fraction of sp³-hybridized carbons (Fsp3) is 0.308. The highest BCUT2D eigenvalue weighted by Gasteiger charge is 2.20. The Morgan fingerprint density at radius 1 is 1.22 bits per heavy atom. The maximum atomic E-state index is 11.4. The highest BCUT2D eigenvalue weighted by atomic mass is 32.2. The number of nitrogens with two attached hydrogens (primary N) is 2. The van der Waals surface area contributed by atoms with E-state index in [1.165, 1.54) is 12.1 Å². The normalized spacial score (nSPS) is 15.6. The van der Waals surface area contributed by atoms with Crippen molar-refractivity contribution in [1.82, 2.24) is 10.2 Å². The number of nitrogens with zero attached hydrogens (tertiary/aromatic N) is 4. The van der Waals surface area contributed by atoms with E-state index in [0.29, 0.717) is 23.0 Å². The number of sulfonamides is 1. The minimum absolute atomic E-state index is 0.0196. The largest absolute Gasteiger partial charge is 0.382 e. The Kier molecular flexibility index (Phi) is 4.01. The van der Waals surface area contributed by atoms with Gasteiger partial charge in [0.1, 0.15) is 5.82 Å². The quantitative estimate of drug-likeness (QED) is 0.728. The summed E-state index contributed by atoms with van der Waals surface area (Å²) in [5.74, 6) is 0.976. The zero-order chi connectivity index (χ0) is 16.4. The van der Waals surface area contributed by atoms with E-state index >= 15 is 0 Å². The summed E-state index contributed by atoms with van der Waals surface area (Å²) in [5, 5.41) is 20.2. The summed E-state index contributed by atoms with van der Waals surface area (Å²) in [6, 6.07) is 5.93. The number of aromatic nitrogens is 2. The van der Waals surface area contributed by atoms with Crippen LogP contribution in [0.25, 0.3) is 0 Å². The van der Waals surface area contributed by atoms with Gasteiger partial charge in [0, 0.05) is 13.1 Å². The van der Waals surface area contributed by atoms with Gasteiger partial charge in [0.05, 0.1) is 10.6 Å². The van der Waals surface area contributed by atoms with E-state index in [-0.39, 0.29) is 4.90 Å². The van der Waals surface area contributed by atoms with Gasteiger partial charge in [-0.25, -0.2) is 13.6 Å². The van der Waals surface area contributed by atoms with Crippen LogP contribution in [0.1, 0.15) is 12.8 Å². The predicted molar refractivity (Wildman–Crippen MR) is 86.4 cm³/mol. The summed E-state index contributed by atoms with van der Waals surface area (Å²) in [6.07, 6.45) is 2.19. The minimum atomic E-state index is -3.78. The van der Waals surface area contributed by atoms with Gasteiger partial charge >= 0.3 is 0 Å². The Hall–Kier alpha value is -2.46. The third-order valence-corrected chi connectivity index (χ3v) is 4.48. The number of azo groups is 1. The van der Waals surface area contributed by atoms with Crippen LogP contribution in [0.15, 0.2) is 39.4 Å². The van der Waals surface area contributed by atoms with E-state index in [1.54, 1.807) is 12.1 Å². The van der Waals surface area contributed by atoms with Gasteiger partial charge in [-0.3, -0.25) is 5.10 Å². The van der Waals surface area contributed by atoms with Crippen molar-refractivity contribution in [3.05, 3.63) is 24.3 Å². The van der Waals surface area contributed by atoms with Gasteiger partial charge in [-0.05, 0) is 31.0 Å². The smallest absolute Gasteiger partial charge is 0.238 e. The number of hydrogen-bond donors (Lipinski definition) is 3. The van der Waals surface area contributed by atoms with E-state index in [1.807, 2.05) is 0 Å². The maximum absolute atomic E-state index is 11.4. The molecule has 1 aliphatic heterocycles. The lowest BCUT2D eigenvalue weighted by atomic mass is 10.3. The van der Waals surface area contributed by atoms with Crippen molar-refractivity contribution in [1.29, 1.82) is 0 Å². The summed E-state index contributed by atoms with van der Waals surface area (Å²) in [7, 11) is -3.78. The number of anilines is 2. The van der Waals surface area contributed by atoms with Crippen molar-refractivity contribution >= 4 is 33.0 Å². The third kappa shape index (κ3) is 3.32. The second kappa shape index (κ2) is 5.97. The molecule has 0 spiro atoms. The van der Waals surface area contributed by atoms with Gasteiger partial charge < -0.3 is 10.6 Å². The molecule has 1 saturated heterocycles. The molecule has 0 saturated carbocycles. The molecule has 0 aliphatic carbocycles. The Morgan fingerprint density at radius 3 is 2.65 bits per heavy atom. The molecule has 5 N–H and O–H groups in total. The van der Waals surface area contributed by atoms with Crippen LogP contribution in [0.4, 0.5) is 23.0 Å². The second-order valence-electron chi connectivity index (χ2n) is 5.25. The zero-order valence-corrected chi connectivity index (χ0v) is 13.1. The van der Waals surface area contributed by atoms with Gasteiger partial charge in [0.15, 0.2) is 11.5 Å².